The van der Waals surface area contributed by atoms with Gasteiger partial charge in [-0.3, -0.25) is 0 Å². The smallest absolute Gasteiger partial charge is 0.0346 e. The van der Waals surface area contributed by atoms with Gasteiger partial charge in [0.15, 0.2) is 0 Å². The van der Waals surface area contributed by atoms with Crippen LogP contribution in [0, 0.1) is 6.92 Å². The lowest BCUT2D eigenvalue weighted by Crippen LogP contribution is -2.13. The molecule has 2 aromatic carbocycles. The fourth-order valence-electron chi connectivity index (χ4n) is 2.85. The number of benzene rings is 2. The van der Waals surface area contributed by atoms with Crippen molar-refractivity contribution in [1.29, 1.82) is 0 Å². The molecule has 0 saturated heterocycles. The third-order valence-corrected chi connectivity index (χ3v) is 4.39. The van der Waals surface area contributed by atoms with Crippen molar-refractivity contribution in [3.8, 4) is 0 Å². The van der Waals surface area contributed by atoms with Crippen LogP contribution in [0.3, 0.4) is 0 Å². The molecule has 0 radical (unpaired) electrons. The highest BCUT2D eigenvalue weighted by molar-refractivity contribution is 5.49. The second kappa shape index (κ2) is 7.28. The minimum atomic E-state index is 0.214. The predicted molar refractivity (Wildman–Crippen MR) is 96.1 cm³/mol. The van der Waals surface area contributed by atoms with E-state index in [4.69, 9.17) is 11.5 Å². The van der Waals surface area contributed by atoms with Gasteiger partial charge in [0.1, 0.15) is 0 Å². The summed E-state index contributed by atoms with van der Waals surface area (Å²) in [6.07, 6.45) is 2.91. The van der Waals surface area contributed by atoms with Crippen LogP contribution in [0.25, 0.3) is 0 Å². The summed E-state index contributed by atoms with van der Waals surface area (Å²) in [5.41, 5.74) is 17.8. The molecular weight excluding hydrogens is 268 g/mol. The number of nitrogen functional groups attached to an aromatic ring is 1. The Labute approximate surface area is 133 Å². The number of hydrogen-bond donors (Lipinski definition) is 2. The second-order valence-electron chi connectivity index (χ2n) is 6.00. The van der Waals surface area contributed by atoms with Crippen LogP contribution in [0.1, 0.15) is 41.0 Å². The Bertz CT molecular complexity index is 646. The lowest BCUT2D eigenvalue weighted by Gasteiger charge is -2.19. The Morgan fingerprint density at radius 3 is 2.55 bits per heavy atom. The van der Waals surface area contributed by atoms with Gasteiger partial charge < -0.3 is 11.5 Å². The SMILES string of the molecule is C=CC(CN)c1ccccc1CC(C)c1ccc(C)c(N)c1. The second-order valence-corrected chi connectivity index (χ2v) is 6.00. The third-order valence-electron chi connectivity index (χ3n) is 4.39. The zero-order valence-electron chi connectivity index (χ0n) is 13.5. The normalized spacial score (nSPS) is 13.6. The van der Waals surface area contributed by atoms with Crippen molar-refractivity contribution in [1.82, 2.24) is 0 Å². The van der Waals surface area contributed by atoms with Gasteiger partial charge >= 0.3 is 0 Å². The first-order valence-corrected chi connectivity index (χ1v) is 7.83. The van der Waals surface area contributed by atoms with Crippen LogP contribution in [0.5, 0.6) is 0 Å². The van der Waals surface area contributed by atoms with Crippen molar-refractivity contribution in [3.05, 3.63) is 77.4 Å². The molecule has 116 valence electrons. The molecule has 0 amide bonds. The van der Waals surface area contributed by atoms with E-state index in [9.17, 15) is 0 Å². The van der Waals surface area contributed by atoms with Crippen molar-refractivity contribution in [2.45, 2.75) is 32.1 Å². The Hall–Kier alpha value is -2.06. The van der Waals surface area contributed by atoms with Crippen LogP contribution >= 0.6 is 0 Å². The fourth-order valence-corrected chi connectivity index (χ4v) is 2.85. The van der Waals surface area contributed by atoms with Crippen molar-refractivity contribution in [2.75, 3.05) is 12.3 Å². The minimum Gasteiger partial charge on any atom is -0.399 e. The van der Waals surface area contributed by atoms with Gasteiger partial charge in [-0.1, -0.05) is 49.4 Å². The first-order valence-electron chi connectivity index (χ1n) is 7.83. The summed E-state index contributed by atoms with van der Waals surface area (Å²) in [6.45, 7) is 8.78. The van der Waals surface area contributed by atoms with Crippen molar-refractivity contribution >= 4 is 5.69 Å². The molecule has 0 fully saturated rings. The van der Waals surface area contributed by atoms with E-state index in [-0.39, 0.29) is 5.92 Å². The van der Waals surface area contributed by atoms with E-state index in [1.165, 1.54) is 16.7 Å². The average Bonchev–Trinajstić information content (AvgIpc) is 2.52. The van der Waals surface area contributed by atoms with E-state index >= 15 is 0 Å². The van der Waals surface area contributed by atoms with Gasteiger partial charge in [-0.05, 0) is 47.6 Å². The first kappa shape index (κ1) is 16.3. The standard InChI is InChI=1S/C20H26N2/c1-4-16(13-21)19-8-6-5-7-18(19)11-15(3)17-10-9-14(2)20(22)12-17/h4-10,12,15-16H,1,11,13,21-22H2,2-3H3. The molecule has 0 aliphatic carbocycles. The van der Waals surface area contributed by atoms with E-state index < -0.39 is 0 Å². The molecule has 2 atom stereocenters. The lowest BCUT2D eigenvalue weighted by atomic mass is 9.87. The summed E-state index contributed by atoms with van der Waals surface area (Å²) in [6, 6.07) is 14.9. The Morgan fingerprint density at radius 2 is 1.91 bits per heavy atom. The molecule has 22 heavy (non-hydrogen) atoms. The van der Waals surface area contributed by atoms with Crippen molar-refractivity contribution in [2.24, 2.45) is 5.73 Å². The van der Waals surface area contributed by atoms with Gasteiger partial charge in [-0.2, -0.15) is 0 Å². The summed E-state index contributed by atoms with van der Waals surface area (Å²) in [7, 11) is 0. The maximum Gasteiger partial charge on any atom is 0.0346 e. The number of aryl methyl sites for hydroxylation is 1. The van der Waals surface area contributed by atoms with Crippen LogP contribution < -0.4 is 11.5 Å². The largest absolute Gasteiger partial charge is 0.399 e. The van der Waals surface area contributed by atoms with Gasteiger partial charge in [0.25, 0.3) is 0 Å². The van der Waals surface area contributed by atoms with Gasteiger partial charge in [0, 0.05) is 18.2 Å². The van der Waals surface area contributed by atoms with Crippen LogP contribution in [0.15, 0.2) is 55.1 Å². The van der Waals surface area contributed by atoms with Crippen LogP contribution in [0.4, 0.5) is 5.69 Å². The molecule has 2 nitrogen and oxygen atoms in total. The predicted octanol–water partition coefficient (Wildman–Crippen LogP) is 4.15. The molecule has 2 unspecified atom stereocenters. The minimum absolute atomic E-state index is 0.214. The van der Waals surface area contributed by atoms with Gasteiger partial charge in [-0.25, -0.2) is 0 Å². The molecule has 4 N–H and O–H groups in total. The van der Waals surface area contributed by atoms with E-state index in [1.807, 2.05) is 13.0 Å². The molecule has 2 aromatic rings. The van der Waals surface area contributed by atoms with Gasteiger partial charge in [0.2, 0.25) is 0 Å². The summed E-state index contributed by atoms with van der Waals surface area (Å²) < 4.78 is 0. The Morgan fingerprint density at radius 1 is 1.18 bits per heavy atom. The molecular formula is C20H26N2. The van der Waals surface area contributed by atoms with E-state index in [2.05, 4.69) is 56.0 Å². The maximum atomic E-state index is 6.04. The average molecular weight is 294 g/mol. The topological polar surface area (TPSA) is 52.0 Å². The van der Waals surface area contributed by atoms with Crippen molar-refractivity contribution in [3.63, 3.8) is 0 Å². The molecule has 0 saturated carbocycles. The molecule has 0 heterocycles. The van der Waals surface area contributed by atoms with Crippen LogP contribution in [-0.4, -0.2) is 6.54 Å². The van der Waals surface area contributed by atoms with Crippen LogP contribution in [-0.2, 0) is 6.42 Å². The molecule has 2 rings (SSSR count). The number of rotatable bonds is 6. The maximum absolute atomic E-state index is 6.04. The summed E-state index contributed by atoms with van der Waals surface area (Å²) >= 11 is 0. The first-order chi connectivity index (χ1) is 10.6. The highest BCUT2D eigenvalue weighted by atomic mass is 14.6. The van der Waals surface area contributed by atoms with Crippen molar-refractivity contribution < 1.29 is 0 Å². The quantitative estimate of drug-likeness (QED) is 0.621. The molecule has 2 heteroatoms. The number of hydrogen-bond acceptors (Lipinski definition) is 2. The Kier molecular flexibility index (Phi) is 5.40. The van der Waals surface area contributed by atoms with E-state index in [0.29, 0.717) is 12.5 Å². The summed E-state index contributed by atoms with van der Waals surface area (Å²) in [5, 5.41) is 0. The number of nitrogens with two attached hydrogens (primary N) is 2. The molecule has 0 aliphatic rings. The van der Waals surface area contributed by atoms with E-state index in [0.717, 1.165) is 17.7 Å². The fraction of sp³-hybridized carbons (Fsp3) is 0.300. The highest BCUT2D eigenvalue weighted by Crippen LogP contribution is 2.28. The lowest BCUT2D eigenvalue weighted by molar-refractivity contribution is 0.738. The molecule has 0 aliphatic heterocycles. The highest BCUT2D eigenvalue weighted by Gasteiger charge is 2.14. The van der Waals surface area contributed by atoms with Gasteiger partial charge in [-0.15, -0.1) is 6.58 Å². The zero-order chi connectivity index (χ0) is 16.1. The van der Waals surface area contributed by atoms with Gasteiger partial charge in [0.05, 0.1) is 0 Å². The summed E-state index contributed by atoms with van der Waals surface area (Å²) in [4.78, 5) is 0. The monoisotopic (exact) mass is 294 g/mol. The Balaban J connectivity index is 2.26. The molecule has 0 bridgehead atoms. The van der Waals surface area contributed by atoms with Crippen LogP contribution in [0.2, 0.25) is 0 Å². The zero-order valence-corrected chi connectivity index (χ0v) is 13.5. The molecule has 0 spiro atoms. The number of anilines is 1. The third kappa shape index (κ3) is 3.58. The van der Waals surface area contributed by atoms with E-state index in [1.54, 1.807) is 0 Å². The summed E-state index contributed by atoms with van der Waals surface area (Å²) in [5.74, 6) is 0.624. The molecule has 0 aromatic heterocycles.